The summed E-state index contributed by atoms with van der Waals surface area (Å²) in [6.07, 6.45) is 2.41. The van der Waals surface area contributed by atoms with Crippen molar-refractivity contribution in [3.05, 3.63) is 53.2 Å². The highest BCUT2D eigenvalue weighted by Crippen LogP contribution is 2.30. The summed E-state index contributed by atoms with van der Waals surface area (Å²) >= 11 is 0. The molecular weight excluding hydrogens is 380 g/mol. The fourth-order valence-electron chi connectivity index (χ4n) is 3.84. The van der Waals surface area contributed by atoms with E-state index >= 15 is 0 Å². The quantitative estimate of drug-likeness (QED) is 0.761. The van der Waals surface area contributed by atoms with E-state index in [-0.39, 0.29) is 23.8 Å². The molecule has 0 aliphatic carbocycles. The monoisotopic (exact) mass is 406 g/mol. The maximum Gasteiger partial charge on any atom is 0.255 e. The van der Waals surface area contributed by atoms with E-state index in [1.165, 1.54) is 0 Å². The molecule has 1 aromatic carbocycles. The van der Waals surface area contributed by atoms with Gasteiger partial charge in [0.15, 0.2) is 0 Å². The number of hydrogen-bond acceptors (Lipinski definition) is 5. The summed E-state index contributed by atoms with van der Waals surface area (Å²) in [6.45, 7) is 7.48. The molecule has 2 aliphatic heterocycles. The predicted molar refractivity (Wildman–Crippen MR) is 112 cm³/mol. The van der Waals surface area contributed by atoms with Crippen molar-refractivity contribution in [2.75, 3.05) is 0 Å². The van der Waals surface area contributed by atoms with E-state index < -0.39 is 11.9 Å². The number of carbonyl (C=O) groups is 3. The summed E-state index contributed by atoms with van der Waals surface area (Å²) in [5, 5.41) is 5.80. The molecule has 1 saturated heterocycles. The van der Waals surface area contributed by atoms with Gasteiger partial charge in [0.1, 0.15) is 6.04 Å². The second-order valence-electron chi connectivity index (χ2n) is 8.92. The van der Waals surface area contributed by atoms with Crippen LogP contribution in [-0.4, -0.2) is 39.2 Å². The molecule has 7 heteroatoms. The number of benzene rings is 1. The Bertz CT molecular complexity index is 1030. The number of nitrogens with one attached hydrogen (secondary N) is 2. The number of carbonyl (C=O) groups excluding carboxylic acids is 3. The number of fused-ring (bicyclic) bond motifs is 1. The van der Waals surface area contributed by atoms with Crippen LogP contribution in [0.15, 0.2) is 36.5 Å². The normalized spacial score (nSPS) is 19.1. The van der Waals surface area contributed by atoms with Crippen LogP contribution in [0.3, 0.4) is 0 Å². The first-order chi connectivity index (χ1) is 14.2. The maximum atomic E-state index is 12.8. The van der Waals surface area contributed by atoms with Gasteiger partial charge in [0.25, 0.3) is 5.91 Å². The molecule has 0 bridgehead atoms. The predicted octanol–water partition coefficient (Wildman–Crippen LogP) is 2.40. The van der Waals surface area contributed by atoms with E-state index in [2.05, 4.69) is 42.5 Å². The number of piperidine rings is 1. The topological polar surface area (TPSA) is 91.4 Å². The number of hydrogen-bond donors (Lipinski definition) is 2. The third-order valence-corrected chi connectivity index (χ3v) is 5.47. The molecule has 156 valence electrons. The molecule has 1 atom stereocenters. The molecular formula is C23H26N4O3. The van der Waals surface area contributed by atoms with Crippen molar-refractivity contribution in [3.63, 3.8) is 0 Å². The van der Waals surface area contributed by atoms with E-state index in [0.717, 1.165) is 28.9 Å². The van der Waals surface area contributed by atoms with Gasteiger partial charge in [0.2, 0.25) is 11.8 Å². The molecule has 3 amide bonds. The van der Waals surface area contributed by atoms with Gasteiger partial charge in [-0.25, -0.2) is 0 Å². The van der Waals surface area contributed by atoms with Gasteiger partial charge in [0.05, 0.1) is 5.69 Å². The SMILES string of the molecule is CC(C)(C)NCc1ccnc(-c2ccc3c(c2)CN(C2CCC(=O)NC2=O)C3=O)c1. The largest absolute Gasteiger partial charge is 0.322 e. The summed E-state index contributed by atoms with van der Waals surface area (Å²) in [6, 6.07) is 9.12. The van der Waals surface area contributed by atoms with Gasteiger partial charge in [-0.15, -0.1) is 0 Å². The van der Waals surface area contributed by atoms with E-state index in [1.54, 1.807) is 17.2 Å². The molecule has 3 heterocycles. The van der Waals surface area contributed by atoms with Crippen molar-refractivity contribution in [1.29, 1.82) is 0 Å². The van der Waals surface area contributed by atoms with Crippen LogP contribution in [0.5, 0.6) is 0 Å². The molecule has 30 heavy (non-hydrogen) atoms. The number of rotatable bonds is 4. The summed E-state index contributed by atoms with van der Waals surface area (Å²) in [5.41, 5.74) is 4.42. The van der Waals surface area contributed by atoms with E-state index in [9.17, 15) is 14.4 Å². The molecule has 7 nitrogen and oxygen atoms in total. The molecule has 1 unspecified atom stereocenters. The Morgan fingerprint density at radius 2 is 1.97 bits per heavy atom. The maximum absolute atomic E-state index is 12.8. The average Bonchev–Trinajstić information content (AvgIpc) is 3.02. The van der Waals surface area contributed by atoms with E-state index in [0.29, 0.717) is 18.5 Å². The lowest BCUT2D eigenvalue weighted by Crippen LogP contribution is -2.52. The Labute approximate surface area is 175 Å². The average molecular weight is 406 g/mol. The highest BCUT2D eigenvalue weighted by Gasteiger charge is 2.39. The van der Waals surface area contributed by atoms with Crippen molar-refractivity contribution >= 4 is 17.7 Å². The van der Waals surface area contributed by atoms with Crippen LogP contribution < -0.4 is 10.6 Å². The van der Waals surface area contributed by atoms with Crippen LogP contribution in [0, 0.1) is 0 Å². The smallest absolute Gasteiger partial charge is 0.255 e. The third kappa shape index (κ3) is 4.11. The molecule has 0 spiro atoms. The van der Waals surface area contributed by atoms with Crippen LogP contribution >= 0.6 is 0 Å². The van der Waals surface area contributed by atoms with Gasteiger partial charge in [-0.2, -0.15) is 0 Å². The van der Waals surface area contributed by atoms with Crippen molar-refractivity contribution in [1.82, 2.24) is 20.5 Å². The molecule has 2 N–H and O–H groups in total. The van der Waals surface area contributed by atoms with Crippen LogP contribution in [0.4, 0.5) is 0 Å². The van der Waals surface area contributed by atoms with Crippen LogP contribution in [0.2, 0.25) is 0 Å². The Morgan fingerprint density at radius 1 is 1.17 bits per heavy atom. The minimum absolute atomic E-state index is 0.0246. The summed E-state index contributed by atoms with van der Waals surface area (Å²) < 4.78 is 0. The number of imide groups is 1. The Balaban J connectivity index is 1.55. The standard InChI is InChI=1S/C23H26N4O3/c1-23(2,3)25-12-14-8-9-24-18(10-14)15-4-5-17-16(11-15)13-27(22(17)30)19-6-7-20(28)26-21(19)29/h4-5,8-11,19,25H,6-7,12-13H2,1-3H3,(H,26,28,29). The Kier molecular flexibility index (Phi) is 5.15. The van der Waals surface area contributed by atoms with Crippen molar-refractivity contribution in [2.45, 2.75) is 58.3 Å². The Morgan fingerprint density at radius 3 is 2.70 bits per heavy atom. The van der Waals surface area contributed by atoms with Crippen molar-refractivity contribution in [3.8, 4) is 11.3 Å². The lowest BCUT2D eigenvalue weighted by Gasteiger charge is -2.29. The first kappa shape index (κ1) is 20.2. The molecule has 4 rings (SSSR count). The van der Waals surface area contributed by atoms with Gasteiger partial charge in [-0.05, 0) is 62.6 Å². The second kappa shape index (κ2) is 7.65. The zero-order chi connectivity index (χ0) is 21.5. The zero-order valence-corrected chi connectivity index (χ0v) is 17.5. The number of amides is 3. The van der Waals surface area contributed by atoms with Crippen molar-refractivity contribution < 1.29 is 14.4 Å². The Hall–Kier alpha value is -3.06. The minimum Gasteiger partial charge on any atom is -0.322 e. The minimum atomic E-state index is -0.601. The van der Waals surface area contributed by atoms with Gasteiger partial charge in [0, 0.05) is 42.4 Å². The first-order valence-corrected chi connectivity index (χ1v) is 10.2. The number of nitrogens with zero attached hydrogens (tertiary/aromatic N) is 2. The van der Waals surface area contributed by atoms with Gasteiger partial charge in [-0.1, -0.05) is 6.07 Å². The zero-order valence-electron chi connectivity index (χ0n) is 17.5. The van der Waals surface area contributed by atoms with E-state index in [4.69, 9.17) is 0 Å². The fourth-order valence-corrected chi connectivity index (χ4v) is 3.84. The van der Waals surface area contributed by atoms with Gasteiger partial charge >= 0.3 is 0 Å². The van der Waals surface area contributed by atoms with Gasteiger partial charge in [-0.3, -0.25) is 24.7 Å². The molecule has 2 aliphatic rings. The fraction of sp³-hybridized carbons (Fsp3) is 0.391. The van der Waals surface area contributed by atoms with E-state index in [1.807, 2.05) is 18.2 Å². The third-order valence-electron chi connectivity index (χ3n) is 5.47. The van der Waals surface area contributed by atoms with Gasteiger partial charge < -0.3 is 10.2 Å². The number of aromatic nitrogens is 1. The first-order valence-electron chi connectivity index (χ1n) is 10.2. The highest BCUT2D eigenvalue weighted by molar-refractivity contribution is 6.05. The summed E-state index contributed by atoms with van der Waals surface area (Å²) in [7, 11) is 0. The number of pyridine rings is 1. The summed E-state index contributed by atoms with van der Waals surface area (Å²) in [5.74, 6) is -0.843. The summed E-state index contributed by atoms with van der Waals surface area (Å²) in [4.78, 5) is 42.5. The van der Waals surface area contributed by atoms with Crippen LogP contribution in [-0.2, 0) is 22.7 Å². The lowest BCUT2D eigenvalue weighted by atomic mass is 10.0. The van der Waals surface area contributed by atoms with Crippen molar-refractivity contribution in [2.24, 2.45) is 0 Å². The lowest BCUT2D eigenvalue weighted by molar-refractivity contribution is -0.136. The second-order valence-corrected chi connectivity index (χ2v) is 8.92. The molecule has 1 fully saturated rings. The van der Waals surface area contributed by atoms with Crippen LogP contribution in [0.25, 0.3) is 11.3 Å². The van der Waals surface area contributed by atoms with Crippen LogP contribution in [0.1, 0.15) is 55.1 Å². The molecule has 1 aromatic heterocycles. The highest BCUT2D eigenvalue weighted by atomic mass is 16.2. The molecule has 2 aromatic rings. The molecule has 0 saturated carbocycles. The molecule has 0 radical (unpaired) electrons.